The van der Waals surface area contributed by atoms with Crippen LogP contribution in [0.5, 0.6) is 0 Å². The number of para-hydroxylation sites is 1. The van der Waals surface area contributed by atoms with Gasteiger partial charge < -0.3 is 9.47 Å². The maximum Gasteiger partial charge on any atom is 0.262 e. The second-order valence-corrected chi connectivity index (χ2v) is 5.89. The minimum Gasteiger partial charge on any atom is -0.383 e. The van der Waals surface area contributed by atoms with Crippen LogP contribution in [0, 0.1) is 0 Å². The van der Waals surface area contributed by atoms with Crippen molar-refractivity contribution in [3.8, 4) is 0 Å². The van der Waals surface area contributed by atoms with E-state index in [1.165, 1.54) is 4.57 Å². The number of aromatic nitrogens is 4. The predicted molar refractivity (Wildman–Crippen MR) is 94.8 cm³/mol. The molecule has 0 saturated heterocycles. The van der Waals surface area contributed by atoms with Gasteiger partial charge in [0, 0.05) is 34.4 Å². The Morgan fingerprint density at radius 3 is 2.44 bits per heavy atom. The van der Waals surface area contributed by atoms with Gasteiger partial charge in [0.1, 0.15) is 0 Å². The van der Waals surface area contributed by atoms with Gasteiger partial charge in [-0.15, -0.1) is 10.2 Å². The lowest BCUT2D eigenvalue weighted by molar-refractivity contribution is 0.108. The lowest BCUT2D eigenvalue weighted by Gasteiger charge is -2.20. The first-order valence-electron chi connectivity index (χ1n) is 8.19. The van der Waals surface area contributed by atoms with Gasteiger partial charge in [-0.3, -0.25) is 18.7 Å². The van der Waals surface area contributed by atoms with E-state index in [4.69, 9.17) is 9.47 Å². The predicted octanol–water partition coefficient (Wildman–Crippen LogP) is 0.676. The van der Waals surface area contributed by atoms with Gasteiger partial charge >= 0.3 is 0 Å². The maximum atomic E-state index is 12.5. The highest BCUT2D eigenvalue weighted by molar-refractivity contribution is 5.80. The minimum atomic E-state index is -0.0716. The van der Waals surface area contributed by atoms with Gasteiger partial charge in [0.05, 0.1) is 30.7 Å². The van der Waals surface area contributed by atoms with E-state index < -0.39 is 0 Å². The van der Waals surface area contributed by atoms with Crippen molar-refractivity contribution in [2.75, 3.05) is 40.5 Å². The number of methoxy groups -OCH3 is 2. The summed E-state index contributed by atoms with van der Waals surface area (Å²) in [4.78, 5) is 14.7. The third-order valence-corrected chi connectivity index (χ3v) is 4.28. The van der Waals surface area contributed by atoms with E-state index in [9.17, 15) is 4.79 Å². The van der Waals surface area contributed by atoms with Crippen LogP contribution in [0.2, 0.25) is 0 Å². The van der Waals surface area contributed by atoms with Crippen molar-refractivity contribution < 1.29 is 9.47 Å². The summed E-state index contributed by atoms with van der Waals surface area (Å²) >= 11 is 0. The summed E-state index contributed by atoms with van der Waals surface area (Å²) in [6, 6.07) is 7.53. The second-order valence-electron chi connectivity index (χ2n) is 5.89. The molecule has 1 aromatic carbocycles. The molecule has 3 rings (SSSR count). The lowest BCUT2D eigenvalue weighted by Crippen LogP contribution is -2.31. The van der Waals surface area contributed by atoms with Gasteiger partial charge in [-0.2, -0.15) is 0 Å². The van der Waals surface area contributed by atoms with Crippen molar-refractivity contribution in [2.45, 2.75) is 6.54 Å². The summed E-state index contributed by atoms with van der Waals surface area (Å²) in [5.74, 6) is 1.33. The highest BCUT2D eigenvalue weighted by Gasteiger charge is 2.16. The van der Waals surface area contributed by atoms with Crippen LogP contribution in [0.4, 0.5) is 0 Å². The van der Waals surface area contributed by atoms with Gasteiger partial charge in [-0.1, -0.05) is 12.1 Å². The normalized spacial score (nSPS) is 11.8. The quantitative estimate of drug-likeness (QED) is 0.598. The van der Waals surface area contributed by atoms with Crippen LogP contribution in [-0.2, 0) is 23.1 Å². The smallest absolute Gasteiger partial charge is 0.262 e. The van der Waals surface area contributed by atoms with Crippen LogP contribution in [0.3, 0.4) is 0 Å². The number of rotatable bonds is 8. The summed E-state index contributed by atoms with van der Waals surface area (Å²) in [7, 11) is 5.09. The fraction of sp³-hybridized carbons (Fsp3) is 0.471. The number of benzene rings is 1. The molecule has 0 bridgehead atoms. The SMILES string of the molecule is COCCN(CCOC)Cc1nnc2n(C)c(=O)c3ccccc3n12. The van der Waals surface area contributed by atoms with Gasteiger partial charge in [0.25, 0.3) is 5.56 Å². The molecule has 134 valence electrons. The van der Waals surface area contributed by atoms with Crippen molar-refractivity contribution in [3.63, 3.8) is 0 Å². The number of hydrogen-bond acceptors (Lipinski definition) is 6. The van der Waals surface area contributed by atoms with E-state index in [1.54, 1.807) is 21.3 Å². The lowest BCUT2D eigenvalue weighted by atomic mass is 10.2. The topological polar surface area (TPSA) is 73.9 Å². The number of ether oxygens (including phenoxy) is 2. The van der Waals surface area contributed by atoms with Crippen LogP contribution in [0.15, 0.2) is 29.1 Å². The summed E-state index contributed by atoms with van der Waals surface area (Å²) in [5.41, 5.74) is 0.747. The molecule has 0 spiro atoms. The molecule has 0 fully saturated rings. The molecule has 0 aliphatic heterocycles. The largest absolute Gasteiger partial charge is 0.383 e. The highest BCUT2D eigenvalue weighted by Crippen LogP contribution is 2.15. The zero-order valence-electron chi connectivity index (χ0n) is 14.8. The Hall–Kier alpha value is -2.29. The van der Waals surface area contributed by atoms with Crippen LogP contribution >= 0.6 is 0 Å². The molecule has 0 atom stereocenters. The van der Waals surface area contributed by atoms with Gasteiger partial charge in [0.15, 0.2) is 5.82 Å². The van der Waals surface area contributed by atoms with Gasteiger partial charge in [-0.25, -0.2) is 0 Å². The van der Waals surface area contributed by atoms with Crippen LogP contribution < -0.4 is 5.56 Å². The minimum absolute atomic E-state index is 0.0716. The Morgan fingerprint density at radius 2 is 1.76 bits per heavy atom. The molecule has 8 heteroatoms. The molecular weight excluding hydrogens is 322 g/mol. The monoisotopic (exact) mass is 345 g/mol. The van der Waals surface area contributed by atoms with Crippen LogP contribution in [0.1, 0.15) is 5.82 Å². The summed E-state index contributed by atoms with van der Waals surface area (Å²) in [5, 5.41) is 9.21. The van der Waals surface area contributed by atoms with Gasteiger partial charge in [0.2, 0.25) is 5.78 Å². The summed E-state index contributed by atoms with van der Waals surface area (Å²) < 4.78 is 13.9. The summed E-state index contributed by atoms with van der Waals surface area (Å²) in [6.07, 6.45) is 0. The Balaban J connectivity index is 2.06. The molecule has 8 nitrogen and oxygen atoms in total. The van der Waals surface area contributed by atoms with Crippen molar-refractivity contribution in [1.29, 1.82) is 0 Å². The first kappa shape index (κ1) is 17.5. The van der Waals surface area contributed by atoms with E-state index in [-0.39, 0.29) is 5.56 Å². The van der Waals surface area contributed by atoms with Crippen molar-refractivity contribution in [2.24, 2.45) is 7.05 Å². The zero-order chi connectivity index (χ0) is 17.8. The molecule has 25 heavy (non-hydrogen) atoms. The molecule has 0 aliphatic rings. The molecule has 0 N–H and O–H groups in total. The van der Waals surface area contributed by atoms with E-state index >= 15 is 0 Å². The maximum absolute atomic E-state index is 12.5. The van der Waals surface area contributed by atoms with Gasteiger partial charge in [-0.05, 0) is 12.1 Å². The van der Waals surface area contributed by atoms with Crippen LogP contribution in [-0.4, -0.2) is 64.6 Å². The first-order chi connectivity index (χ1) is 12.2. The van der Waals surface area contributed by atoms with E-state index in [1.807, 2.05) is 28.7 Å². The Labute approximate surface area is 145 Å². The van der Waals surface area contributed by atoms with Crippen molar-refractivity contribution >= 4 is 16.7 Å². The number of aryl methyl sites for hydroxylation is 1. The highest BCUT2D eigenvalue weighted by atomic mass is 16.5. The number of nitrogens with zero attached hydrogens (tertiary/aromatic N) is 5. The average molecular weight is 345 g/mol. The molecule has 2 heterocycles. The standard InChI is InChI=1S/C17H23N5O3/c1-20-16(23)13-6-4-5-7-14(13)22-15(18-19-17(20)22)12-21(8-10-24-2)9-11-25-3/h4-7H,8-12H2,1-3H3. The van der Waals surface area contributed by atoms with E-state index in [0.717, 1.165) is 24.4 Å². The van der Waals surface area contributed by atoms with Crippen molar-refractivity contribution in [1.82, 2.24) is 24.1 Å². The first-order valence-corrected chi connectivity index (χ1v) is 8.19. The molecule has 3 aromatic rings. The van der Waals surface area contributed by atoms with E-state index in [2.05, 4.69) is 15.1 Å². The van der Waals surface area contributed by atoms with Crippen LogP contribution in [0.25, 0.3) is 16.7 Å². The molecule has 0 unspecified atom stereocenters. The third kappa shape index (κ3) is 3.41. The second kappa shape index (κ2) is 7.73. The molecule has 0 amide bonds. The average Bonchev–Trinajstić information content (AvgIpc) is 3.05. The number of fused-ring (bicyclic) bond motifs is 3. The molecule has 2 aromatic heterocycles. The molecular formula is C17H23N5O3. The summed E-state index contributed by atoms with van der Waals surface area (Å²) in [6.45, 7) is 3.37. The Morgan fingerprint density at radius 1 is 1.08 bits per heavy atom. The molecule has 0 aliphatic carbocycles. The molecule has 0 radical (unpaired) electrons. The zero-order valence-corrected chi connectivity index (χ0v) is 14.8. The fourth-order valence-corrected chi connectivity index (χ4v) is 2.91. The van der Waals surface area contributed by atoms with E-state index in [0.29, 0.717) is 30.9 Å². The Kier molecular flexibility index (Phi) is 5.42. The molecule has 0 saturated carbocycles. The van der Waals surface area contributed by atoms with Crippen molar-refractivity contribution in [3.05, 3.63) is 40.4 Å². The number of hydrogen-bond donors (Lipinski definition) is 0. The fourth-order valence-electron chi connectivity index (χ4n) is 2.91. The third-order valence-electron chi connectivity index (χ3n) is 4.28. The Bertz CT molecular complexity index is 910.